The molecule has 0 saturated heterocycles. The fourth-order valence-corrected chi connectivity index (χ4v) is 4.47. The molecule has 26 heavy (non-hydrogen) atoms. The molecule has 0 saturated carbocycles. The third-order valence-electron chi connectivity index (χ3n) is 5.59. The van der Waals surface area contributed by atoms with Crippen molar-refractivity contribution in [3.63, 3.8) is 0 Å². The van der Waals surface area contributed by atoms with Crippen LogP contribution in [-0.2, 0) is 12.8 Å². The van der Waals surface area contributed by atoms with Crippen LogP contribution in [0.3, 0.4) is 0 Å². The Kier molecular flexibility index (Phi) is 4.55. The molecule has 1 N–H and O–H groups in total. The SMILES string of the molecule is C[N+]12CCCc3ccc(/C=N/NC(=O)c4ccc(Cl)cc4)c(c31)CCC2. The van der Waals surface area contributed by atoms with Gasteiger partial charge in [0.2, 0.25) is 0 Å². The van der Waals surface area contributed by atoms with E-state index in [4.69, 9.17) is 11.6 Å². The van der Waals surface area contributed by atoms with E-state index in [9.17, 15) is 4.79 Å². The second-order valence-electron chi connectivity index (χ2n) is 7.40. The quantitative estimate of drug-likeness (QED) is 0.497. The summed E-state index contributed by atoms with van der Waals surface area (Å²) in [4.78, 5) is 12.2. The Balaban J connectivity index is 1.57. The Bertz CT molecular complexity index is 872. The molecule has 1 amide bonds. The van der Waals surface area contributed by atoms with E-state index in [1.54, 1.807) is 30.5 Å². The molecular formula is C21H23ClN3O+. The van der Waals surface area contributed by atoms with Gasteiger partial charge in [-0.2, -0.15) is 5.10 Å². The first kappa shape index (κ1) is 17.3. The molecule has 4 rings (SSSR count). The maximum atomic E-state index is 12.2. The van der Waals surface area contributed by atoms with Crippen molar-refractivity contribution in [2.24, 2.45) is 5.10 Å². The van der Waals surface area contributed by atoms with Gasteiger partial charge in [0.25, 0.3) is 5.91 Å². The number of hydrogen-bond acceptors (Lipinski definition) is 2. The number of quaternary nitrogens is 1. The van der Waals surface area contributed by atoms with Crippen molar-refractivity contribution in [3.8, 4) is 0 Å². The van der Waals surface area contributed by atoms with Crippen LogP contribution in [0.1, 0.15) is 39.9 Å². The summed E-state index contributed by atoms with van der Waals surface area (Å²) in [7, 11) is 2.35. The fraction of sp³-hybridized carbons (Fsp3) is 0.333. The summed E-state index contributed by atoms with van der Waals surface area (Å²) in [6.45, 7) is 2.43. The fourth-order valence-electron chi connectivity index (χ4n) is 4.34. The molecule has 4 nitrogen and oxygen atoms in total. The molecule has 2 aliphatic heterocycles. The summed E-state index contributed by atoms with van der Waals surface area (Å²) >= 11 is 5.86. The minimum atomic E-state index is -0.231. The number of carbonyl (C=O) groups is 1. The van der Waals surface area contributed by atoms with Crippen LogP contribution in [-0.4, -0.2) is 32.3 Å². The number of aryl methyl sites for hydroxylation is 1. The van der Waals surface area contributed by atoms with Gasteiger partial charge in [0.1, 0.15) is 5.69 Å². The van der Waals surface area contributed by atoms with Crippen molar-refractivity contribution in [2.45, 2.75) is 25.7 Å². The average Bonchev–Trinajstić information content (AvgIpc) is 2.64. The number of benzene rings is 2. The lowest BCUT2D eigenvalue weighted by Crippen LogP contribution is -2.52. The lowest BCUT2D eigenvalue weighted by atomic mass is 9.87. The number of hydrazone groups is 1. The molecule has 0 fully saturated rings. The largest absolute Gasteiger partial charge is 0.293 e. The maximum Gasteiger partial charge on any atom is 0.271 e. The first-order chi connectivity index (χ1) is 12.6. The molecule has 0 aromatic heterocycles. The summed E-state index contributed by atoms with van der Waals surface area (Å²) in [5.41, 5.74) is 8.66. The topological polar surface area (TPSA) is 41.5 Å². The van der Waals surface area contributed by atoms with Gasteiger partial charge in [0, 0.05) is 40.1 Å². The van der Waals surface area contributed by atoms with Gasteiger partial charge in [-0.25, -0.2) is 5.43 Å². The van der Waals surface area contributed by atoms with Crippen LogP contribution in [0.2, 0.25) is 5.02 Å². The van der Waals surface area contributed by atoms with Crippen molar-refractivity contribution >= 4 is 29.4 Å². The third kappa shape index (κ3) is 3.15. The normalized spacial score (nSPS) is 21.5. The minimum Gasteiger partial charge on any atom is -0.293 e. The predicted octanol–water partition coefficient (Wildman–Crippen LogP) is 3.93. The molecule has 0 radical (unpaired) electrons. The second-order valence-corrected chi connectivity index (χ2v) is 7.83. The van der Waals surface area contributed by atoms with Gasteiger partial charge in [-0.1, -0.05) is 23.7 Å². The number of nitrogens with zero attached hydrogens (tertiary/aromatic N) is 2. The van der Waals surface area contributed by atoms with Crippen LogP contribution < -0.4 is 9.91 Å². The zero-order chi connectivity index (χ0) is 18.1. The lowest BCUT2D eigenvalue weighted by Gasteiger charge is -2.43. The molecule has 2 heterocycles. The zero-order valence-corrected chi connectivity index (χ0v) is 15.7. The van der Waals surface area contributed by atoms with Crippen LogP contribution in [0.15, 0.2) is 41.5 Å². The Morgan fingerprint density at radius 2 is 1.85 bits per heavy atom. The van der Waals surface area contributed by atoms with Crippen molar-refractivity contribution in [2.75, 3.05) is 20.1 Å². The summed E-state index contributed by atoms with van der Waals surface area (Å²) < 4.78 is 1.05. The van der Waals surface area contributed by atoms with E-state index in [-0.39, 0.29) is 5.91 Å². The van der Waals surface area contributed by atoms with E-state index in [2.05, 4.69) is 29.7 Å². The van der Waals surface area contributed by atoms with E-state index >= 15 is 0 Å². The number of hydrogen-bond donors (Lipinski definition) is 1. The van der Waals surface area contributed by atoms with Crippen LogP contribution in [0.4, 0.5) is 5.69 Å². The lowest BCUT2D eigenvalue weighted by molar-refractivity contribution is 0.0955. The molecule has 2 aromatic carbocycles. The minimum absolute atomic E-state index is 0.231. The van der Waals surface area contributed by atoms with Crippen LogP contribution in [0.25, 0.3) is 0 Å². The van der Waals surface area contributed by atoms with Gasteiger partial charge in [-0.05, 0) is 37.1 Å². The number of amides is 1. The van der Waals surface area contributed by atoms with Crippen molar-refractivity contribution in [1.29, 1.82) is 0 Å². The van der Waals surface area contributed by atoms with Gasteiger partial charge < -0.3 is 0 Å². The molecule has 0 spiro atoms. The number of nitrogens with one attached hydrogen (secondary N) is 1. The molecule has 0 aliphatic carbocycles. The molecule has 0 bridgehead atoms. The third-order valence-corrected chi connectivity index (χ3v) is 5.85. The highest BCUT2D eigenvalue weighted by Crippen LogP contribution is 2.40. The predicted molar refractivity (Wildman–Crippen MR) is 107 cm³/mol. The summed E-state index contributed by atoms with van der Waals surface area (Å²) in [6, 6.07) is 11.2. The van der Waals surface area contributed by atoms with E-state index in [0.717, 1.165) is 16.5 Å². The van der Waals surface area contributed by atoms with Gasteiger partial charge in [0.05, 0.1) is 26.4 Å². The standard InChI is InChI=1S/C21H22ClN3O/c1-25-12-2-4-15-6-7-17(19(20(15)25)5-3-13-25)14-23-24-21(26)16-8-10-18(22)11-9-16/h6-11,14H,2-5,12-13H2,1H3/p+1/b23-14+. The Labute approximate surface area is 159 Å². The molecule has 1 atom stereocenters. The Hall–Kier alpha value is -2.17. The highest BCUT2D eigenvalue weighted by atomic mass is 35.5. The first-order valence-corrected chi connectivity index (χ1v) is 9.53. The molecular weight excluding hydrogens is 346 g/mol. The van der Waals surface area contributed by atoms with E-state index in [1.807, 2.05) is 0 Å². The summed E-state index contributed by atoms with van der Waals surface area (Å²) in [5.74, 6) is -0.231. The van der Waals surface area contributed by atoms with Crippen molar-refractivity contribution < 1.29 is 4.79 Å². The Morgan fingerprint density at radius 1 is 1.12 bits per heavy atom. The molecule has 1 unspecified atom stereocenters. The molecule has 2 aromatic rings. The van der Waals surface area contributed by atoms with Crippen LogP contribution in [0, 0.1) is 0 Å². The monoisotopic (exact) mass is 368 g/mol. The zero-order valence-electron chi connectivity index (χ0n) is 15.0. The highest BCUT2D eigenvalue weighted by molar-refractivity contribution is 6.30. The molecule has 5 heteroatoms. The van der Waals surface area contributed by atoms with Crippen LogP contribution in [0.5, 0.6) is 0 Å². The van der Waals surface area contributed by atoms with E-state index in [1.165, 1.54) is 49.2 Å². The van der Waals surface area contributed by atoms with Crippen LogP contribution >= 0.6 is 11.6 Å². The highest BCUT2D eigenvalue weighted by Gasteiger charge is 2.37. The second kappa shape index (κ2) is 6.86. The summed E-state index contributed by atoms with van der Waals surface area (Å²) in [5, 5.41) is 4.82. The number of halogens is 1. The van der Waals surface area contributed by atoms with Gasteiger partial charge in [-0.15, -0.1) is 0 Å². The molecule has 134 valence electrons. The van der Waals surface area contributed by atoms with Gasteiger partial charge >= 0.3 is 0 Å². The molecule has 2 aliphatic rings. The number of carbonyl (C=O) groups excluding carboxylic acids is 1. The smallest absolute Gasteiger partial charge is 0.271 e. The first-order valence-electron chi connectivity index (χ1n) is 9.16. The van der Waals surface area contributed by atoms with Gasteiger partial charge in [0.15, 0.2) is 0 Å². The van der Waals surface area contributed by atoms with Gasteiger partial charge in [-0.3, -0.25) is 9.28 Å². The number of rotatable bonds is 3. The summed E-state index contributed by atoms with van der Waals surface area (Å²) in [6.07, 6.45) is 6.50. The van der Waals surface area contributed by atoms with Crippen molar-refractivity contribution in [1.82, 2.24) is 9.91 Å². The Morgan fingerprint density at radius 3 is 2.62 bits per heavy atom. The average molecular weight is 369 g/mol. The van der Waals surface area contributed by atoms with E-state index < -0.39 is 0 Å². The maximum absolute atomic E-state index is 12.2. The van der Waals surface area contributed by atoms with E-state index in [0.29, 0.717) is 10.6 Å². The van der Waals surface area contributed by atoms with Crippen molar-refractivity contribution in [3.05, 3.63) is 63.7 Å².